The number of aromatic amines is 1. The van der Waals surface area contributed by atoms with Crippen molar-refractivity contribution in [3.05, 3.63) is 39.7 Å². The van der Waals surface area contributed by atoms with Gasteiger partial charge in [-0.05, 0) is 30.5 Å². The number of amides is 1. The molecule has 0 bridgehead atoms. The molecule has 144 valence electrons. The summed E-state index contributed by atoms with van der Waals surface area (Å²) in [6.07, 6.45) is 1.54. The maximum absolute atomic E-state index is 12.8. The molecule has 3 N–H and O–H groups in total. The maximum atomic E-state index is 12.8. The molecule has 1 aromatic heterocycles. The summed E-state index contributed by atoms with van der Waals surface area (Å²) in [6, 6.07) is 5.13. The van der Waals surface area contributed by atoms with E-state index in [9.17, 15) is 14.7 Å². The number of carbonyl (C=O) groups excluding carboxylic acids is 1. The number of anilines is 1. The van der Waals surface area contributed by atoms with Gasteiger partial charge < -0.3 is 19.9 Å². The lowest BCUT2D eigenvalue weighted by molar-refractivity contribution is -0.113. The van der Waals surface area contributed by atoms with E-state index in [0.717, 1.165) is 18.4 Å². The third-order valence-corrected chi connectivity index (χ3v) is 6.20. The van der Waals surface area contributed by atoms with Gasteiger partial charge in [-0.25, -0.2) is 0 Å². The molecule has 0 aliphatic carbocycles. The number of thioether (sulfide) groups is 1. The Balaban J connectivity index is 1.80. The highest BCUT2D eigenvalue weighted by molar-refractivity contribution is 8.00. The number of H-pyrrole nitrogens is 1. The summed E-state index contributed by atoms with van der Waals surface area (Å²) in [5.74, 6) is 0.948. The highest BCUT2D eigenvalue weighted by atomic mass is 32.2. The van der Waals surface area contributed by atoms with E-state index in [4.69, 9.17) is 9.47 Å². The molecule has 0 radical (unpaired) electrons. The molecule has 1 fully saturated rings. The van der Waals surface area contributed by atoms with Crippen molar-refractivity contribution in [1.29, 1.82) is 0 Å². The van der Waals surface area contributed by atoms with Crippen LogP contribution in [0.2, 0.25) is 0 Å². The van der Waals surface area contributed by atoms with Crippen LogP contribution in [0.25, 0.3) is 0 Å². The number of methoxy groups -OCH3 is 1. The molecule has 1 saturated heterocycles. The van der Waals surface area contributed by atoms with Gasteiger partial charge in [0.1, 0.15) is 5.82 Å². The molecule has 8 nitrogen and oxygen atoms in total. The number of aromatic hydroxyl groups is 1. The van der Waals surface area contributed by atoms with Crippen LogP contribution in [0, 0.1) is 0 Å². The number of phenols is 1. The van der Waals surface area contributed by atoms with E-state index in [-0.39, 0.29) is 34.3 Å². The lowest BCUT2D eigenvalue weighted by Gasteiger charge is -2.25. The summed E-state index contributed by atoms with van der Waals surface area (Å²) < 4.78 is 12.3. The number of ether oxygens (including phenoxy) is 2. The molecular weight excluding hydrogens is 370 g/mol. The predicted molar refractivity (Wildman–Crippen MR) is 102 cm³/mol. The third-order valence-electron chi connectivity index (χ3n) is 4.93. The zero-order chi connectivity index (χ0) is 19.0. The number of rotatable bonds is 3. The van der Waals surface area contributed by atoms with E-state index in [1.54, 1.807) is 22.9 Å². The van der Waals surface area contributed by atoms with Gasteiger partial charge in [-0.15, -0.1) is 11.8 Å². The van der Waals surface area contributed by atoms with Gasteiger partial charge in [0.2, 0.25) is 5.91 Å². The molecule has 0 unspecified atom stereocenters. The number of hydrogen-bond acceptors (Lipinski definition) is 6. The van der Waals surface area contributed by atoms with Gasteiger partial charge >= 0.3 is 0 Å². The molecule has 2 aliphatic heterocycles. The normalized spacial score (nSPS) is 20.6. The Morgan fingerprint density at radius 1 is 1.30 bits per heavy atom. The van der Waals surface area contributed by atoms with Crippen molar-refractivity contribution < 1.29 is 19.4 Å². The Bertz CT molecular complexity index is 916. The van der Waals surface area contributed by atoms with E-state index >= 15 is 0 Å². The Hall–Kier alpha value is -2.39. The standard InChI is InChI=1S/C18H21N3O5S/c1-25-13-3-2-10(8-12(13)22)16-15-17(19-14(23)9-27-16)21(20-18(15)24)11-4-6-26-7-5-11/h2-3,8,11,16,22H,4-7,9H2,1H3,(H,19,23)(H,20,24)/t16-/m1/s1. The summed E-state index contributed by atoms with van der Waals surface area (Å²) in [5.41, 5.74) is 1.01. The smallest absolute Gasteiger partial charge is 0.270 e. The molecule has 0 spiro atoms. The Morgan fingerprint density at radius 3 is 2.78 bits per heavy atom. The number of carbonyl (C=O) groups is 1. The van der Waals surface area contributed by atoms with Crippen molar-refractivity contribution in [2.24, 2.45) is 0 Å². The molecule has 3 heterocycles. The Kier molecular flexibility index (Phi) is 4.88. The summed E-state index contributed by atoms with van der Waals surface area (Å²) in [6.45, 7) is 1.25. The molecule has 4 rings (SSSR count). The van der Waals surface area contributed by atoms with Crippen LogP contribution < -0.4 is 15.6 Å². The quantitative estimate of drug-likeness (QED) is 0.739. The average Bonchev–Trinajstić information content (AvgIpc) is 2.88. The third kappa shape index (κ3) is 3.32. The van der Waals surface area contributed by atoms with Crippen LogP contribution in [0.5, 0.6) is 11.5 Å². The molecule has 9 heteroatoms. The van der Waals surface area contributed by atoms with Gasteiger partial charge in [0, 0.05) is 13.2 Å². The van der Waals surface area contributed by atoms with E-state index < -0.39 is 0 Å². The average molecular weight is 391 g/mol. The fourth-order valence-corrected chi connectivity index (χ4v) is 4.71. The van der Waals surface area contributed by atoms with Crippen molar-refractivity contribution >= 4 is 23.5 Å². The monoisotopic (exact) mass is 391 g/mol. The second-order valence-electron chi connectivity index (χ2n) is 6.59. The number of nitrogens with zero attached hydrogens (tertiary/aromatic N) is 1. The largest absolute Gasteiger partial charge is 0.504 e. The highest BCUT2D eigenvalue weighted by Crippen LogP contribution is 2.43. The van der Waals surface area contributed by atoms with Crippen molar-refractivity contribution in [3.63, 3.8) is 0 Å². The number of fused-ring (bicyclic) bond motifs is 1. The van der Waals surface area contributed by atoms with Crippen LogP contribution in [0.1, 0.15) is 35.3 Å². The molecule has 27 heavy (non-hydrogen) atoms. The minimum atomic E-state index is -0.374. The summed E-state index contributed by atoms with van der Waals surface area (Å²) in [4.78, 5) is 25.1. The van der Waals surface area contributed by atoms with Crippen molar-refractivity contribution in [2.75, 3.05) is 31.4 Å². The zero-order valence-electron chi connectivity index (χ0n) is 14.9. The van der Waals surface area contributed by atoms with E-state index in [2.05, 4.69) is 10.4 Å². The first-order valence-electron chi connectivity index (χ1n) is 8.79. The molecule has 1 aromatic carbocycles. The Morgan fingerprint density at radius 2 is 2.07 bits per heavy atom. The molecule has 2 aromatic rings. The fraction of sp³-hybridized carbons (Fsp3) is 0.444. The van der Waals surface area contributed by atoms with Crippen LogP contribution in [0.4, 0.5) is 5.82 Å². The van der Waals surface area contributed by atoms with Gasteiger partial charge in [-0.1, -0.05) is 6.07 Å². The van der Waals surface area contributed by atoms with Crippen molar-refractivity contribution in [2.45, 2.75) is 24.1 Å². The van der Waals surface area contributed by atoms with Crippen molar-refractivity contribution in [3.8, 4) is 11.5 Å². The molecule has 0 saturated carbocycles. The van der Waals surface area contributed by atoms with Gasteiger partial charge in [0.15, 0.2) is 11.5 Å². The molecule has 2 aliphatic rings. The van der Waals surface area contributed by atoms with E-state index in [0.29, 0.717) is 30.3 Å². The predicted octanol–water partition coefficient (Wildman–Crippen LogP) is 2.02. The first kappa shape index (κ1) is 18.0. The summed E-state index contributed by atoms with van der Waals surface area (Å²) in [7, 11) is 1.48. The van der Waals surface area contributed by atoms with E-state index in [1.807, 2.05) is 0 Å². The molecule has 1 amide bonds. The van der Waals surface area contributed by atoms with Crippen molar-refractivity contribution in [1.82, 2.24) is 9.78 Å². The highest BCUT2D eigenvalue weighted by Gasteiger charge is 2.33. The number of benzene rings is 1. The second-order valence-corrected chi connectivity index (χ2v) is 7.68. The second kappa shape index (κ2) is 7.32. The number of nitrogens with one attached hydrogen (secondary N) is 2. The van der Waals surface area contributed by atoms with Gasteiger partial charge in [-0.3, -0.25) is 19.4 Å². The lowest BCUT2D eigenvalue weighted by atomic mass is 10.0. The fourth-order valence-electron chi connectivity index (χ4n) is 3.59. The van der Waals surface area contributed by atoms with Crippen LogP contribution in [0.3, 0.4) is 0 Å². The van der Waals surface area contributed by atoms with Crippen LogP contribution >= 0.6 is 11.8 Å². The lowest BCUT2D eigenvalue weighted by Crippen LogP contribution is -2.24. The molecule has 1 atom stereocenters. The topological polar surface area (TPSA) is 106 Å². The van der Waals surface area contributed by atoms with E-state index in [1.165, 1.54) is 18.9 Å². The summed E-state index contributed by atoms with van der Waals surface area (Å²) in [5, 5.41) is 15.6. The van der Waals surface area contributed by atoms with Gasteiger partial charge in [0.05, 0.1) is 29.7 Å². The van der Waals surface area contributed by atoms with Gasteiger partial charge in [-0.2, -0.15) is 0 Å². The first-order valence-corrected chi connectivity index (χ1v) is 9.84. The SMILES string of the molecule is COc1ccc([C@H]2SCC(=O)Nc3c2c(=O)[nH]n3C2CCOCC2)cc1O. The van der Waals surface area contributed by atoms with Gasteiger partial charge in [0.25, 0.3) is 5.56 Å². The van der Waals surface area contributed by atoms with Crippen LogP contribution in [-0.4, -0.2) is 46.9 Å². The van der Waals surface area contributed by atoms with Crippen LogP contribution in [-0.2, 0) is 9.53 Å². The minimum absolute atomic E-state index is 0.000901. The Labute approximate surface area is 159 Å². The number of hydrogen-bond donors (Lipinski definition) is 3. The number of phenolic OH excluding ortho intramolecular Hbond substituents is 1. The summed E-state index contributed by atoms with van der Waals surface area (Å²) >= 11 is 1.36. The first-order chi connectivity index (χ1) is 13.1. The number of aromatic nitrogens is 2. The minimum Gasteiger partial charge on any atom is -0.504 e. The maximum Gasteiger partial charge on any atom is 0.270 e. The zero-order valence-corrected chi connectivity index (χ0v) is 15.7. The molecular formula is C18H21N3O5S. The van der Waals surface area contributed by atoms with Crippen LogP contribution in [0.15, 0.2) is 23.0 Å².